The highest BCUT2D eigenvalue weighted by Crippen LogP contribution is 2.27. The summed E-state index contributed by atoms with van der Waals surface area (Å²) in [5.74, 6) is 0.173. The Morgan fingerprint density at radius 3 is 2.85 bits per heavy atom. The molecule has 1 aromatic rings. The van der Waals surface area contributed by atoms with Crippen LogP contribution in [-0.4, -0.2) is 45.2 Å². The molecule has 2 aliphatic rings. The summed E-state index contributed by atoms with van der Waals surface area (Å²) in [6.07, 6.45) is 2.83. The largest absolute Gasteiger partial charge is 0.329 e. The van der Waals surface area contributed by atoms with Crippen molar-refractivity contribution >= 4 is 23.2 Å². The zero-order valence-electron chi connectivity index (χ0n) is 11.8. The number of thiazole rings is 1. The van der Waals surface area contributed by atoms with Crippen molar-refractivity contribution in [1.82, 2.24) is 14.8 Å². The maximum atomic E-state index is 12.6. The lowest BCUT2D eigenvalue weighted by Crippen LogP contribution is -2.64. The Hall–Kier alpha value is -1.43. The van der Waals surface area contributed by atoms with Gasteiger partial charge in [-0.25, -0.2) is 4.98 Å². The number of amides is 2. The average Bonchev–Trinajstić information content (AvgIpc) is 2.86. The molecule has 1 aromatic heterocycles. The summed E-state index contributed by atoms with van der Waals surface area (Å²) in [6.45, 7) is 4.94. The SMILES string of the molecule is Cc1csc(CN2C(=O)C3CCCCN3C(=O)C2C)n1. The average molecular weight is 293 g/mol. The highest BCUT2D eigenvalue weighted by atomic mass is 32.1. The minimum Gasteiger partial charge on any atom is -0.329 e. The standard InChI is InChI=1S/C14H19N3O2S/c1-9-8-20-12(15-9)7-17-10(2)13(18)16-6-4-3-5-11(16)14(17)19/h8,10-11H,3-7H2,1-2H3. The van der Waals surface area contributed by atoms with E-state index in [1.165, 1.54) is 0 Å². The Labute approximate surface area is 122 Å². The van der Waals surface area contributed by atoms with Crippen LogP contribution in [0.3, 0.4) is 0 Å². The summed E-state index contributed by atoms with van der Waals surface area (Å²) in [5.41, 5.74) is 0.965. The molecule has 2 atom stereocenters. The first-order valence-electron chi connectivity index (χ1n) is 7.10. The van der Waals surface area contributed by atoms with Crippen molar-refractivity contribution < 1.29 is 9.59 Å². The van der Waals surface area contributed by atoms with E-state index < -0.39 is 0 Å². The number of aryl methyl sites for hydroxylation is 1. The van der Waals surface area contributed by atoms with Crippen LogP contribution in [0.15, 0.2) is 5.38 Å². The molecule has 2 saturated heterocycles. The lowest BCUT2D eigenvalue weighted by molar-refractivity contribution is -0.163. The first kappa shape index (κ1) is 13.5. The minimum absolute atomic E-state index is 0.0857. The van der Waals surface area contributed by atoms with Crippen molar-refractivity contribution in [3.8, 4) is 0 Å². The second-order valence-corrected chi connectivity index (χ2v) is 6.51. The number of carbonyl (C=O) groups excluding carboxylic acids is 2. The van der Waals surface area contributed by atoms with Crippen molar-refractivity contribution in [3.05, 3.63) is 16.1 Å². The molecule has 3 rings (SSSR count). The molecular weight excluding hydrogens is 274 g/mol. The van der Waals surface area contributed by atoms with Gasteiger partial charge in [-0.05, 0) is 33.1 Å². The molecule has 3 heterocycles. The van der Waals surface area contributed by atoms with Gasteiger partial charge in [-0.2, -0.15) is 0 Å². The van der Waals surface area contributed by atoms with Crippen LogP contribution in [0.4, 0.5) is 0 Å². The molecule has 0 radical (unpaired) electrons. The third-order valence-corrected chi connectivity index (χ3v) is 5.10. The van der Waals surface area contributed by atoms with Crippen molar-refractivity contribution in [2.75, 3.05) is 6.54 Å². The zero-order valence-corrected chi connectivity index (χ0v) is 12.7. The fourth-order valence-corrected chi connectivity index (χ4v) is 3.81. The molecule has 5 nitrogen and oxygen atoms in total. The number of piperidine rings is 1. The molecule has 2 fully saturated rings. The molecular formula is C14H19N3O2S. The minimum atomic E-state index is -0.374. The van der Waals surface area contributed by atoms with E-state index in [0.29, 0.717) is 6.54 Å². The van der Waals surface area contributed by atoms with Crippen LogP contribution in [0.5, 0.6) is 0 Å². The van der Waals surface area contributed by atoms with Crippen LogP contribution < -0.4 is 0 Å². The van der Waals surface area contributed by atoms with Gasteiger partial charge in [-0.1, -0.05) is 0 Å². The van der Waals surface area contributed by atoms with Gasteiger partial charge in [0.2, 0.25) is 11.8 Å². The summed E-state index contributed by atoms with van der Waals surface area (Å²) < 4.78 is 0. The summed E-state index contributed by atoms with van der Waals surface area (Å²) >= 11 is 1.55. The second kappa shape index (κ2) is 5.16. The predicted molar refractivity (Wildman–Crippen MR) is 76.2 cm³/mol. The fourth-order valence-electron chi connectivity index (χ4n) is 3.04. The Balaban J connectivity index is 1.83. The van der Waals surface area contributed by atoms with Gasteiger partial charge in [0.15, 0.2) is 0 Å². The predicted octanol–water partition coefficient (Wildman–Crippen LogP) is 1.56. The van der Waals surface area contributed by atoms with E-state index in [-0.39, 0.29) is 23.9 Å². The number of hydrogen-bond acceptors (Lipinski definition) is 4. The Bertz CT molecular complexity index is 542. The summed E-state index contributed by atoms with van der Waals surface area (Å²) in [7, 11) is 0. The lowest BCUT2D eigenvalue weighted by atomic mass is 9.96. The van der Waals surface area contributed by atoms with Gasteiger partial charge >= 0.3 is 0 Å². The van der Waals surface area contributed by atoms with Gasteiger partial charge in [0.25, 0.3) is 0 Å². The molecule has 0 spiro atoms. The quantitative estimate of drug-likeness (QED) is 0.831. The van der Waals surface area contributed by atoms with Gasteiger partial charge in [-0.15, -0.1) is 11.3 Å². The van der Waals surface area contributed by atoms with Crippen LogP contribution in [0.25, 0.3) is 0 Å². The highest BCUT2D eigenvalue weighted by molar-refractivity contribution is 7.09. The molecule has 20 heavy (non-hydrogen) atoms. The number of fused-ring (bicyclic) bond motifs is 1. The van der Waals surface area contributed by atoms with Gasteiger partial charge in [0.1, 0.15) is 17.1 Å². The van der Waals surface area contributed by atoms with Crippen molar-refractivity contribution in [3.63, 3.8) is 0 Å². The smallest absolute Gasteiger partial charge is 0.246 e. The molecule has 0 N–H and O–H groups in total. The number of carbonyl (C=O) groups is 2. The van der Waals surface area contributed by atoms with E-state index >= 15 is 0 Å². The number of hydrogen-bond donors (Lipinski definition) is 0. The Kier molecular flexibility index (Phi) is 3.50. The summed E-state index contributed by atoms with van der Waals surface area (Å²) in [6, 6.07) is -0.616. The van der Waals surface area contributed by atoms with E-state index in [1.807, 2.05) is 19.2 Å². The molecule has 6 heteroatoms. The first-order chi connectivity index (χ1) is 9.58. The van der Waals surface area contributed by atoms with Crippen molar-refractivity contribution in [2.45, 2.75) is 51.7 Å². The second-order valence-electron chi connectivity index (χ2n) is 5.57. The number of aromatic nitrogens is 1. The van der Waals surface area contributed by atoms with E-state index in [0.717, 1.165) is 36.5 Å². The van der Waals surface area contributed by atoms with E-state index in [9.17, 15) is 9.59 Å². The molecule has 2 amide bonds. The van der Waals surface area contributed by atoms with Crippen LogP contribution in [-0.2, 0) is 16.1 Å². The molecule has 0 aromatic carbocycles. The highest BCUT2D eigenvalue weighted by Gasteiger charge is 2.44. The fraction of sp³-hybridized carbons (Fsp3) is 0.643. The molecule has 2 aliphatic heterocycles. The van der Waals surface area contributed by atoms with E-state index in [1.54, 1.807) is 21.1 Å². The Morgan fingerprint density at radius 1 is 1.35 bits per heavy atom. The first-order valence-corrected chi connectivity index (χ1v) is 7.98. The van der Waals surface area contributed by atoms with Crippen molar-refractivity contribution in [2.24, 2.45) is 0 Å². The lowest BCUT2D eigenvalue weighted by Gasteiger charge is -2.45. The van der Waals surface area contributed by atoms with Gasteiger partial charge in [0.05, 0.1) is 6.54 Å². The molecule has 108 valence electrons. The van der Waals surface area contributed by atoms with Crippen LogP contribution in [0.2, 0.25) is 0 Å². The number of rotatable bonds is 2. The topological polar surface area (TPSA) is 53.5 Å². The molecule has 2 unspecified atom stereocenters. The van der Waals surface area contributed by atoms with Crippen LogP contribution >= 0.6 is 11.3 Å². The van der Waals surface area contributed by atoms with Crippen LogP contribution in [0.1, 0.15) is 36.9 Å². The van der Waals surface area contributed by atoms with Crippen LogP contribution in [0, 0.1) is 6.92 Å². The van der Waals surface area contributed by atoms with Gasteiger partial charge in [-0.3, -0.25) is 9.59 Å². The van der Waals surface area contributed by atoms with Gasteiger partial charge in [0, 0.05) is 17.6 Å². The molecule has 0 bridgehead atoms. The maximum absolute atomic E-state index is 12.6. The summed E-state index contributed by atoms with van der Waals surface area (Å²) in [4.78, 5) is 32.9. The zero-order chi connectivity index (χ0) is 14.3. The molecule has 0 saturated carbocycles. The van der Waals surface area contributed by atoms with E-state index in [4.69, 9.17) is 0 Å². The third kappa shape index (κ3) is 2.22. The normalized spacial score (nSPS) is 26.9. The number of nitrogens with zero attached hydrogens (tertiary/aromatic N) is 3. The van der Waals surface area contributed by atoms with Crippen molar-refractivity contribution in [1.29, 1.82) is 0 Å². The number of piperazine rings is 1. The maximum Gasteiger partial charge on any atom is 0.246 e. The third-order valence-electron chi connectivity index (χ3n) is 4.15. The van der Waals surface area contributed by atoms with Gasteiger partial charge < -0.3 is 9.80 Å². The van der Waals surface area contributed by atoms with E-state index in [2.05, 4.69) is 4.98 Å². The molecule has 0 aliphatic carbocycles. The Morgan fingerprint density at radius 2 is 2.15 bits per heavy atom. The summed E-state index contributed by atoms with van der Waals surface area (Å²) in [5, 5.41) is 2.88. The monoisotopic (exact) mass is 293 g/mol.